The molecule has 16 heavy (non-hydrogen) atoms. The van der Waals surface area contributed by atoms with Crippen LogP contribution in [0.2, 0.25) is 0 Å². The Morgan fingerprint density at radius 3 is 2.69 bits per heavy atom. The van der Waals surface area contributed by atoms with E-state index in [9.17, 15) is 4.21 Å². The molecule has 1 saturated heterocycles. The largest absolute Gasteiger partial charge is 0.508 e. The minimum atomic E-state index is -0.963. The number of piperidine rings is 1. The van der Waals surface area contributed by atoms with E-state index in [1.54, 1.807) is 24.3 Å². The van der Waals surface area contributed by atoms with Crippen molar-refractivity contribution >= 4 is 10.8 Å². The zero-order chi connectivity index (χ0) is 11.4. The molecule has 1 aliphatic heterocycles. The zero-order valence-corrected chi connectivity index (χ0v) is 10.0. The Bertz CT molecular complexity index is 358. The minimum absolute atomic E-state index is 0.219. The molecule has 88 valence electrons. The monoisotopic (exact) mass is 239 g/mol. The average Bonchev–Trinajstić information content (AvgIpc) is 2.31. The summed E-state index contributed by atoms with van der Waals surface area (Å²) in [6.45, 7) is 1.04. The van der Waals surface area contributed by atoms with Crippen LogP contribution in [0.5, 0.6) is 5.75 Å². The number of rotatable bonds is 3. The molecule has 0 aromatic heterocycles. The summed E-state index contributed by atoms with van der Waals surface area (Å²) in [6.07, 6.45) is 3.57. The maximum atomic E-state index is 12.0. The van der Waals surface area contributed by atoms with Gasteiger partial charge in [0.05, 0.1) is 10.8 Å². The fraction of sp³-hybridized carbons (Fsp3) is 0.500. The van der Waals surface area contributed by atoms with Gasteiger partial charge in [-0.2, -0.15) is 0 Å². The predicted molar refractivity (Wildman–Crippen MR) is 65.0 cm³/mol. The van der Waals surface area contributed by atoms with Crippen LogP contribution in [-0.2, 0) is 10.8 Å². The molecule has 1 aromatic carbocycles. The summed E-state index contributed by atoms with van der Waals surface area (Å²) in [5, 5.41) is 12.5. The number of phenolic OH excluding ortho intramolecular Hbond substituents is 1. The third-order valence-corrected chi connectivity index (χ3v) is 4.37. The normalized spacial score (nSPS) is 22.9. The van der Waals surface area contributed by atoms with Gasteiger partial charge >= 0.3 is 0 Å². The van der Waals surface area contributed by atoms with Crippen LogP contribution in [0, 0.1) is 0 Å². The van der Waals surface area contributed by atoms with Gasteiger partial charge in [0.1, 0.15) is 5.75 Å². The van der Waals surface area contributed by atoms with Crippen LogP contribution < -0.4 is 5.32 Å². The average molecular weight is 239 g/mol. The van der Waals surface area contributed by atoms with E-state index in [0.717, 1.165) is 17.9 Å². The van der Waals surface area contributed by atoms with Gasteiger partial charge in [-0.25, -0.2) is 0 Å². The van der Waals surface area contributed by atoms with E-state index in [1.165, 1.54) is 12.8 Å². The first kappa shape index (κ1) is 11.6. The highest BCUT2D eigenvalue weighted by Gasteiger charge is 2.16. The van der Waals surface area contributed by atoms with Crippen LogP contribution in [0.3, 0.4) is 0 Å². The summed E-state index contributed by atoms with van der Waals surface area (Å²) in [4.78, 5) is 0.796. The quantitative estimate of drug-likeness (QED) is 0.843. The van der Waals surface area contributed by atoms with Crippen molar-refractivity contribution in [3.63, 3.8) is 0 Å². The Labute approximate surface area is 98.3 Å². The summed E-state index contributed by atoms with van der Waals surface area (Å²) < 4.78 is 12.0. The van der Waals surface area contributed by atoms with Gasteiger partial charge in [0.2, 0.25) is 0 Å². The van der Waals surface area contributed by atoms with Crippen molar-refractivity contribution in [2.45, 2.75) is 30.2 Å². The SMILES string of the molecule is O=S(CC1CCCCN1)c1ccc(O)cc1. The molecule has 1 heterocycles. The molecule has 0 amide bonds. The molecule has 0 radical (unpaired) electrons. The van der Waals surface area contributed by atoms with Crippen molar-refractivity contribution in [2.75, 3.05) is 12.3 Å². The van der Waals surface area contributed by atoms with Gasteiger partial charge in [-0.05, 0) is 43.7 Å². The standard InChI is InChI=1S/C12H17NO2S/c14-11-4-6-12(7-5-11)16(15)9-10-3-1-2-8-13-10/h4-7,10,13-14H,1-3,8-9H2. The lowest BCUT2D eigenvalue weighted by Gasteiger charge is -2.22. The van der Waals surface area contributed by atoms with Crippen LogP contribution in [0.4, 0.5) is 0 Å². The van der Waals surface area contributed by atoms with E-state index in [0.29, 0.717) is 11.8 Å². The topological polar surface area (TPSA) is 49.3 Å². The van der Waals surface area contributed by atoms with Crippen LogP contribution in [0.25, 0.3) is 0 Å². The molecule has 0 bridgehead atoms. The van der Waals surface area contributed by atoms with E-state index in [1.807, 2.05) is 0 Å². The van der Waals surface area contributed by atoms with E-state index in [4.69, 9.17) is 5.11 Å². The Balaban J connectivity index is 1.94. The highest BCUT2D eigenvalue weighted by atomic mass is 32.2. The first-order chi connectivity index (χ1) is 7.75. The third kappa shape index (κ3) is 3.06. The predicted octanol–water partition coefficient (Wildman–Crippen LogP) is 1.64. The number of benzene rings is 1. The number of nitrogens with one attached hydrogen (secondary N) is 1. The number of phenols is 1. The van der Waals surface area contributed by atoms with Gasteiger partial charge in [0, 0.05) is 16.7 Å². The van der Waals surface area contributed by atoms with E-state index < -0.39 is 10.8 Å². The lowest BCUT2D eigenvalue weighted by Crippen LogP contribution is -2.38. The molecule has 0 aliphatic carbocycles. The summed E-state index contributed by atoms with van der Waals surface area (Å²) in [5.74, 6) is 0.890. The fourth-order valence-electron chi connectivity index (χ4n) is 1.94. The van der Waals surface area contributed by atoms with Gasteiger partial charge < -0.3 is 10.4 Å². The lowest BCUT2D eigenvalue weighted by molar-refractivity contribution is 0.427. The second-order valence-electron chi connectivity index (χ2n) is 4.15. The second-order valence-corrected chi connectivity index (χ2v) is 5.65. The molecule has 1 aromatic rings. The van der Waals surface area contributed by atoms with Gasteiger partial charge in [-0.1, -0.05) is 6.42 Å². The lowest BCUT2D eigenvalue weighted by atomic mass is 10.1. The molecule has 2 N–H and O–H groups in total. The molecular formula is C12H17NO2S. The van der Waals surface area contributed by atoms with Crippen molar-refractivity contribution in [1.29, 1.82) is 0 Å². The molecule has 3 nitrogen and oxygen atoms in total. The Hall–Kier alpha value is -0.870. The van der Waals surface area contributed by atoms with Crippen LogP contribution >= 0.6 is 0 Å². The zero-order valence-electron chi connectivity index (χ0n) is 9.19. The molecule has 1 aliphatic rings. The third-order valence-electron chi connectivity index (χ3n) is 2.86. The molecular weight excluding hydrogens is 222 g/mol. The maximum Gasteiger partial charge on any atom is 0.115 e. The van der Waals surface area contributed by atoms with Crippen LogP contribution in [0.1, 0.15) is 19.3 Å². The number of hydrogen-bond acceptors (Lipinski definition) is 3. The fourth-order valence-corrected chi connectivity index (χ4v) is 3.23. The van der Waals surface area contributed by atoms with Crippen LogP contribution in [0.15, 0.2) is 29.2 Å². The molecule has 2 atom stereocenters. The summed E-state index contributed by atoms with van der Waals surface area (Å²) >= 11 is 0. The van der Waals surface area contributed by atoms with Gasteiger partial charge in [-0.15, -0.1) is 0 Å². The van der Waals surface area contributed by atoms with Gasteiger partial charge in [0.15, 0.2) is 0 Å². The Morgan fingerprint density at radius 2 is 2.06 bits per heavy atom. The molecule has 2 rings (SSSR count). The van der Waals surface area contributed by atoms with Crippen molar-refractivity contribution in [2.24, 2.45) is 0 Å². The molecule has 0 spiro atoms. The number of hydrogen-bond donors (Lipinski definition) is 2. The van der Waals surface area contributed by atoms with Crippen molar-refractivity contribution in [1.82, 2.24) is 5.32 Å². The maximum absolute atomic E-state index is 12.0. The summed E-state index contributed by atoms with van der Waals surface area (Å²) in [7, 11) is -0.963. The van der Waals surface area contributed by atoms with Crippen molar-refractivity contribution in [3.8, 4) is 5.75 Å². The molecule has 0 saturated carbocycles. The summed E-state index contributed by atoms with van der Waals surface area (Å²) in [6, 6.07) is 7.01. The minimum Gasteiger partial charge on any atom is -0.508 e. The van der Waals surface area contributed by atoms with E-state index in [2.05, 4.69) is 5.32 Å². The highest BCUT2D eigenvalue weighted by Crippen LogP contribution is 2.15. The Kier molecular flexibility index (Phi) is 3.96. The molecule has 2 unspecified atom stereocenters. The second kappa shape index (κ2) is 5.46. The molecule has 4 heteroatoms. The molecule has 1 fully saturated rings. The van der Waals surface area contributed by atoms with Crippen LogP contribution in [-0.4, -0.2) is 27.7 Å². The van der Waals surface area contributed by atoms with Crippen molar-refractivity contribution in [3.05, 3.63) is 24.3 Å². The Morgan fingerprint density at radius 1 is 1.31 bits per heavy atom. The van der Waals surface area contributed by atoms with Gasteiger partial charge in [-0.3, -0.25) is 4.21 Å². The first-order valence-electron chi connectivity index (χ1n) is 5.66. The highest BCUT2D eigenvalue weighted by molar-refractivity contribution is 7.85. The smallest absolute Gasteiger partial charge is 0.115 e. The first-order valence-corrected chi connectivity index (χ1v) is 6.98. The van der Waals surface area contributed by atoms with Gasteiger partial charge in [0.25, 0.3) is 0 Å². The van der Waals surface area contributed by atoms with Crippen molar-refractivity contribution < 1.29 is 9.32 Å². The summed E-state index contributed by atoms with van der Waals surface area (Å²) in [5.41, 5.74) is 0. The van der Waals surface area contributed by atoms with E-state index >= 15 is 0 Å². The number of aromatic hydroxyl groups is 1. The van der Waals surface area contributed by atoms with E-state index in [-0.39, 0.29) is 5.75 Å².